The second kappa shape index (κ2) is 7.50. The molecule has 1 aromatic rings. The van der Waals surface area contributed by atoms with Crippen molar-refractivity contribution in [3.05, 3.63) is 35.4 Å². The Bertz CT molecular complexity index is 379. The number of likely N-dealkylation sites (N-methyl/N-ethyl adjacent to an activating group) is 1. The van der Waals surface area contributed by atoms with E-state index in [1.165, 1.54) is 0 Å². The van der Waals surface area contributed by atoms with E-state index in [0.29, 0.717) is 6.61 Å². The highest BCUT2D eigenvalue weighted by atomic mass is 19.4. The number of alkyl halides is 3. The fraction of sp³-hybridized carbons (Fsp3) is 0.571. The minimum atomic E-state index is -4.10. The molecule has 0 spiro atoms. The summed E-state index contributed by atoms with van der Waals surface area (Å²) in [6, 6.07) is 7.90. The molecule has 0 aliphatic rings. The van der Waals surface area contributed by atoms with Crippen LogP contribution in [0.25, 0.3) is 0 Å². The second-order valence-corrected chi connectivity index (χ2v) is 4.49. The summed E-state index contributed by atoms with van der Waals surface area (Å²) in [5, 5.41) is 3.12. The van der Waals surface area contributed by atoms with Gasteiger partial charge < -0.3 is 10.1 Å². The van der Waals surface area contributed by atoms with Crippen molar-refractivity contribution in [1.29, 1.82) is 0 Å². The standard InChI is InChI=1S/C14H20F3NO/c1-11-6-3-4-7-12(11)13(18-2)10-19-9-5-8-14(15,16)17/h3-4,6-7,13,18H,5,8-10H2,1-2H3. The molecule has 1 aromatic carbocycles. The van der Waals surface area contributed by atoms with Gasteiger partial charge in [0.1, 0.15) is 0 Å². The lowest BCUT2D eigenvalue weighted by Crippen LogP contribution is -2.23. The molecule has 0 radical (unpaired) electrons. The lowest BCUT2D eigenvalue weighted by atomic mass is 10.0. The van der Waals surface area contributed by atoms with Crippen molar-refractivity contribution in [3.63, 3.8) is 0 Å². The van der Waals surface area contributed by atoms with Crippen LogP contribution in [0.2, 0.25) is 0 Å². The summed E-state index contributed by atoms with van der Waals surface area (Å²) in [5.41, 5.74) is 2.25. The van der Waals surface area contributed by atoms with E-state index in [-0.39, 0.29) is 19.1 Å². The molecule has 0 fully saturated rings. The predicted molar refractivity (Wildman–Crippen MR) is 69.1 cm³/mol. The molecule has 0 aliphatic carbocycles. The number of halogens is 3. The summed E-state index contributed by atoms with van der Waals surface area (Å²) in [7, 11) is 1.82. The Morgan fingerprint density at radius 3 is 2.53 bits per heavy atom. The van der Waals surface area contributed by atoms with Crippen molar-refractivity contribution in [2.24, 2.45) is 0 Å². The Labute approximate surface area is 112 Å². The first kappa shape index (κ1) is 16.0. The number of benzene rings is 1. The summed E-state index contributed by atoms with van der Waals surface area (Å²) in [4.78, 5) is 0. The summed E-state index contributed by atoms with van der Waals surface area (Å²) < 4.78 is 41.2. The molecule has 1 unspecified atom stereocenters. The fourth-order valence-corrected chi connectivity index (χ4v) is 1.88. The molecule has 0 amide bonds. The number of nitrogens with one attached hydrogen (secondary N) is 1. The van der Waals surface area contributed by atoms with Gasteiger partial charge in [0.15, 0.2) is 0 Å². The van der Waals surface area contributed by atoms with Crippen LogP contribution in [0.5, 0.6) is 0 Å². The first-order valence-electron chi connectivity index (χ1n) is 6.31. The molecular formula is C14H20F3NO. The summed E-state index contributed by atoms with van der Waals surface area (Å²) in [5.74, 6) is 0. The van der Waals surface area contributed by atoms with Gasteiger partial charge in [0.05, 0.1) is 12.6 Å². The molecule has 1 atom stereocenters. The Morgan fingerprint density at radius 1 is 1.26 bits per heavy atom. The Kier molecular flexibility index (Phi) is 6.31. The minimum Gasteiger partial charge on any atom is -0.379 e. The fourth-order valence-electron chi connectivity index (χ4n) is 1.88. The maximum absolute atomic E-state index is 12.0. The molecule has 108 valence electrons. The highest BCUT2D eigenvalue weighted by Gasteiger charge is 2.26. The zero-order valence-electron chi connectivity index (χ0n) is 11.3. The molecule has 0 aliphatic heterocycles. The van der Waals surface area contributed by atoms with Crippen molar-refractivity contribution >= 4 is 0 Å². The second-order valence-electron chi connectivity index (χ2n) is 4.49. The van der Waals surface area contributed by atoms with Crippen molar-refractivity contribution < 1.29 is 17.9 Å². The van der Waals surface area contributed by atoms with Crippen molar-refractivity contribution in [2.75, 3.05) is 20.3 Å². The lowest BCUT2D eigenvalue weighted by Gasteiger charge is -2.19. The number of aryl methyl sites for hydroxylation is 1. The van der Waals surface area contributed by atoms with Crippen LogP contribution in [0.3, 0.4) is 0 Å². The smallest absolute Gasteiger partial charge is 0.379 e. The van der Waals surface area contributed by atoms with Gasteiger partial charge in [0, 0.05) is 13.0 Å². The number of hydrogen-bond donors (Lipinski definition) is 1. The van der Waals surface area contributed by atoms with Crippen LogP contribution in [0.1, 0.15) is 30.0 Å². The van der Waals surface area contributed by atoms with Crippen LogP contribution in [-0.2, 0) is 4.74 Å². The normalized spacial score (nSPS) is 13.5. The summed E-state index contributed by atoms with van der Waals surface area (Å²) in [6.45, 7) is 2.51. The van der Waals surface area contributed by atoms with Crippen molar-refractivity contribution in [1.82, 2.24) is 5.32 Å². The zero-order chi connectivity index (χ0) is 14.3. The number of ether oxygens (including phenoxy) is 1. The van der Waals surface area contributed by atoms with E-state index in [1.807, 2.05) is 38.2 Å². The largest absolute Gasteiger partial charge is 0.389 e. The monoisotopic (exact) mass is 275 g/mol. The lowest BCUT2D eigenvalue weighted by molar-refractivity contribution is -0.138. The molecule has 0 bridgehead atoms. The topological polar surface area (TPSA) is 21.3 Å². The highest BCUT2D eigenvalue weighted by molar-refractivity contribution is 5.28. The van der Waals surface area contributed by atoms with E-state index in [1.54, 1.807) is 0 Å². The Balaban J connectivity index is 2.36. The molecule has 1 N–H and O–H groups in total. The average molecular weight is 275 g/mol. The molecule has 1 rings (SSSR count). The van der Waals surface area contributed by atoms with Crippen molar-refractivity contribution in [2.45, 2.75) is 32.0 Å². The molecule has 2 nitrogen and oxygen atoms in total. The quantitative estimate of drug-likeness (QED) is 0.767. The third-order valence-corrected chi connectivity index (χ3v) is 2.95. The minimum absolute atomic E-state index is 0.00656. The van der Waals surface area contributed by atoms with Gasteiger partial charge in [-0.2, -0.15) is 13.2 Å². The maximum Gasteiger partial charge on any atom is 0.389 e. The van der Waals surface area contributed by atoms with E-state index in [4.69, 9.17) is 4.74 Å². The first-order valence-corrected chi connectivity index (χ1v) is 6.31. The van der Waals surface area contributed by atoms with Crippen LogP contribution in [0.15, 0.2) is 24.3 Å². The zero-order valence-corrected chi connectivity index (χ0v) is 11.3. The van der Waals surface area contributed by atoms with E-state index in [2.05, 4.69) is 5.32 Å². The third kappa shape index (κ3) is 6.07. The average Bonchev–Trinajstić information content (AvgIpc) is 2.34. The van der Waals surface area contributed by atoms with Gasteiger partial charge in [0.25, 0.3) is 0 Å². The summed E-state index contributed by atoms with van der Waals surface area (Å²) >= 11 is 0. The first-order chi connectivity index (χ1) is 8.94. The van der Waals surface area contributed by atoms with Crippen LogP contribution < -0.4 is 5.32 Å². The van der Waals surface area contributed by atoms with Gasteiger partial charge in [0.2, 0.25) is 0 Å². The van der Waals surface area contributed by atoms with Crippen LogP contribution in [-0.4, -0.2) is 26.4 Å². The molecule has 0 saturated heterocycles. The van der Waals surface area contributed by atoms with Gasteiger partial charge in [-0.05, 0) is 31.5 Å². The maximum atomic E-state index is 12.0. The Hall–Kier alpha value is -1.07. The molecule has 0 saturated carbocycles. The molecule has 19 heavy (non-hydrogen) atoms. The van der Waals surface area contributed by atoms with Crippen LogP contribution >= 0.6 is 0 Å². The van der Waals surface area contributed by atoms with Gasteiger partial charge in [-0.15, -0.1) is 0 Å². The highest BCUT2D eigenvalue weighted by Crippen LogP contribution is 2.21. The van der Waals surface area contributed by atoms with Gasteiger partial charge >= 0.3 is 6.18 Å². The summed E-state index contributed by atoms with van der Waals surface area (Å²) in [6.07, 6.45) is -4.88. The Morgan fingerprint density at radius 2 is 1.95 bits per heavy atom. The molecule has 0 aromatic heterocycles. The predicted octanol–water partition coefficient (Wildman–Crippen LogP) is 3.61. The van der Waals surface area contributed by atoms with Crippen LogP contribution in [0.4, 0.5) is 13.2 Å². The number of hydrogen-bond acceptors (Lipinski definition) is 2. The SMILES string of the molecule is CNC(COCCCC(F)(F)F)c1ccccc1C. The van der Waals surface area contributed by atoms with E-state index in [0.717, 1.165) is 11.1 Å². The molecular weight excluding hydrogens is 255 g/mol. The molecule has 0 heterocycles. The van der Waals surface area contributed by atoms with E-state index >= 15 is 0 Å². The number of rotatable bonds is 7. The van der Waals surface area contributed by atoms with E-state index < -0.39 is 12.6 Å². The van der Waals surface area contributed by atoms with Gasteiger partial charge in [-0.25, -0.2) is 0 Å². The van der Waals surface area contributed by atoms with Crippen LogP contribution in [0, 0.1) is 6.92 Å². The van der Waals surface area contributed by atoms with Crippen molar-refractivity contribution in [3.8, 4) is 0 Å². The molecule has 5 heteroatoms. The van der Waals surface area contributed by atoms with E-state index in [9.17, 15) is 13.2 Å². The van der Waals surface area contributed by atoms with Gasteiger partial charge in [-0.3, -0.25) is 0 Å². The third-order valence-electron chi connectivity index (χ3n) is 2.95. The van der Waals surface area contributed by atoms with Gasteiger partial charge in [-0.1, -0.05) is 24.3 Å².